The molecule has 2 aliphatic carbocycles. The molecule has 6 N–H and O–H groups in total. The van der Waals surface area contributed by atoms with Crippen LogP contribution in [0.1, 0.15) is 99.3 Å². The van der Waals surface area contributed by atoms with Crippen LogP contribution in [0.15, 0.2) is 97.1 Å². The second kappa shape index (κ2) is 34.1. The Kier molecular flexibility index (Phi) is 23.8. The van der Waals surface area contributed by atoms with Crippen molar-refractivity contribution in [1.82, 2.24) is 60.5 Å². The third kappa shape index (κ3) is 19.0. The zero-order valence-electron chi connectivity index (χ0n) is 65.8. The standard InChI is InChI=1S/C22H31FN4O2.C22H31FN4O.C22H30FN3O2.C22H30FN3O/c23-19-3-1-16(2-4-19)5-7-25-8-6-20(12-25)24-22(28)26-11-18-9-17-10-21(26)15-27(29,13-17)14-18;23-19-3-1-16(2-4-19)5-7-25-8-6-20(14-25)24-22(28)27-13-18-9-17-10-21(27)15-26(11-17)12-18;23-19-3-1-15(2-4-19)5-7-25-8-6-20(11-25)24-22(27)21-17-9-16-10-18(21)14-26(28,12-16)13-17;23-19-3-1-15(2-4-19)5-7-25-8-6-20(14-25)24-22(27)21-17-9-16-10-18(21)13-26(11-16)12-17/h1-4,17-18,20-21,29H,5-15H2;1-4,17-18,20-21H,5-15H2,(H,24,28);1-4,16-18,20-21,28H,5-14H2;1-4,16-18,20-21H,5-14H2,(H,24,27)/p+2/t17?,18?,20-,21?,27?;17?,18?,20-,21?;16?,17?,18?,20-,21?,26?;16?,17?,18?,20-,21?/m0000/s1. The number of urea groups is 2. The molecule has 16 atom stereocenters. The SMILES string of the molecule is O=C(N[C@H]1CCN(CCc2ccc(F)cc2)C1)C1C2CC3CC1CN(C3)C2.O=C(N[C@H]1CCN(CCc2ccc(F)cc2)C1)C1C2CC3CC1C[N+](O)(C3)C2.O=C(N[C@H]1CCN(CCc2ccc(F)cc2)C1)N1CC2CC3CC1CN(C3)C2.O=C(N[C@H]1CCN(CCc2ccc(F)cc2)C1)N1CC2CC3CC1C[N+](O)(C3)C2. The molecule has 24 rings (SSSR count). The molecule has 18 heterocycles. The van der Waals surface area contributed by atoms with Gasteiger partial charge in [0.1, 0.15) is 62.5 Å². The summed E-state index contributed by atoms with van der Waals surface area (Å²) >= 11 is 0. The zero-order valence-corrected chi connectivity index (χ0v) is 65.8. The summed E-state index contributed by atoms with van der Waals surface area (Å²) < 4.78 is 52.5. The summed E-state index contributed by atoms with van der Waals surface area (Å²) in [6.45, 7) is 25.0. The van der Waals surface area contributed by atoms with Crippen molar-refractivity contribution in [2.75, 3.05) is 170 Å². The Hall–Kier alpha value is -6.32. The molecular formula is C88H124F4N14O6+2. The number of amides is 6. The van der Waals surface area contributed by atoms with Gasteiger partial charge in [-0.25, -0.2) is 37.6 Å². The lowest BCUT2D eigenvalue weighted by molar-refractivity contribution is -1.12. The maximum atomic E-state index is 13.1. The first-order valence-corrected chi connectivity index (χ1v) is 43.4. The second-order valence-corrected chi connectivity index (χ2v) is 38.1. The van der Waals surface area contributed by atoms with Gasteiger partial charge in [0.2, 0.25) is 11.8 Å². The number of carbonyl (C=O) groups excluding carboxylic acids is 4. The van der Waals surface area contributed by atoms with Gasteiger partial charge in [0, 0.05) is 197 Å². The molecule has 2 saturated carbocycles. The van der Waals surface area contributed by atoms with Crippen LogP contribution in [0.4, 0.5) is 27.2 Å². The van der Waals surface area contributed by atoms with Crippen LogP contribution in [0.5, 0.6) is 0 Å². The van der Waals surface area contributed by atoms with E-state index in [1.54, 1.807) is 0 Å². The van der Waals surface area contributed by atoms with Gasteiger partial charge in [0.05, 0.1) is 12.0 Å². The molecule has 20 nitrogen and oxygen atoms in total. The monoisotopic (exact) mass is 1550 g/mol. The van der Waals surface area contributed by atoms with Gasteiger partial charge >= 0.3 is 12.1 Å². The van der Waals surface area contributed by atoms with Crippen LogP contribution in [0.3, 0.4) is 0 Å². The van der Waals surface area contributed by atoms with Gasteiger partial charge in [-0.1, -0.05) is 48.5 Å². The highest BCUT2D eigenvalue weighted by molar-refractivity contribution is 5.81. The molecule has 20 fully saturated rings. The number of halogens is 4. The number of hydrogen-bond donors (Lipinski definition) is 6. The number of quaternary nitrogens is 2. The molecule has 608 valence electrons. The van der Waals surface area contributed by atoms with Crippen LogP contribution in [-0.2, 0) is 35.3 Å². The van der Waals surface area contributed by atoms with E-state index in [1.807, 2.05) is 53.4 Å². The van der Waals surface area contributed by atoms with Gasteiger partial charge in [-0.2, -0.15) is 9.29 Å². The summed E-state index contributed by atoms with van der Waals surface area (Å²) in [7, 11) is 0. The number of rotatable bonds is 18. The lowest BCUT2D eigenvalue weighted by Crippen LogP contribution is -2.69. The molecule has 0 radical (unpaired) electrons. The molecule has 24 heteroatoms. The third-order valence-corrected chi connectivity index (χ3v) is 29.5. The molecule has 18 aliphatic heterocycles. The normalized spacial score (nSPS) is 37.0. The molecule has 0 aromatic heterocycles. The number of hydroxylamine groups is 6. The number of benzene rings is 4. The molecule has 112 heavy (non-hydrogen) atoms. The lowest BCUT2D eigenvalue weighted by Gasteiger charge is -2.56. The minimum absolute atomic E-state index is 0.0568. The first kappa shape index (κ1) is 78.2. The Balaban J connectivity index is 0.000000108. The van der Waals surface area contributed by atoms with E-state index in [2.05, 4.69) is 55.6 Å². The molecule has 12 unspecified atom stereocenters. The Bertz CT molecular complexity index is 3830. The van der Waals surface area contributed by atoms with Gasteiger partial charge in [0.15, 0.2) is 0 Å². The van der Waals surface area contributed by atoms with Crippen molar-refractivity contribution in [2.45, 2.75) is 139 Å². The van der Waals surface area contributed by atoms with Crippen LogP contribution in [0.25, 0.3) is 0 Å². The molecular weight excluding hydrogens is 1430 g/mol. The van der Waals surface area contributed by atoms with Crippen molar-refractivity contribution in [2.24, 2.45) is 71.0 Å². The molecule has 20 aliphatic rings. The average Bonchev–Trinajstić information content (AvgIpc) is 1.12. The third-order valence-electron chi connectivity index (χ3n) is 29.5. The van der Waals surface area contributed by atoms with Crippen LogP contribution in [-0.4, -0.2) is 289 Å². The summed E-state index contributed by atoms with van der Waals surface area (Å²) in [5, 5.41) is 34.8. The van der Waals surface area contributed by atoms with E-state index in [4.69, 9.17) is 0 Å². The maximum absolute atomic E-state index is 13.1. The Morgan fingerprint density at radius 1 is 0.330 bits per heavy atom. The number of nitrogens with one attached hydrogen (secondary N) is 4. The Morgan fingerprint density at radius 2 is 0.661 bits per heavy atom. The summed E-state index contributed by atoms with van der Waals surface area (Å²) in [6, 6.07) is 28.8. The largest absolute Gasteiger partial charge is 0.352 e. The quantitative estimate of drug-likeness (QED) is 0.0414. The van der Waals surface area contributed by atoms with E-state index in [0.717, 1.165) is 244 Å². The van der Waals surface area contributed by atoms with Crippen molar-refractivity contribution in [1.29, 1.82) is 0 Å². The highest BCUT2D eigenvalue weighted by atomic mass is 19.1. The summed E-state index contributed by atoms with van der Waals surface area (Å²) in [5.41, 5.74) is 4.63. The number of likely N-dealkylation sites (tertiary alicyclic amines) is 4. The van der Waals surface area contributed by atoms with Crippen molar-refractivity contribution in [3.8, 4) is 0 Å². The zero-order chi connectivity index (χ0) is 76.8. The number of carbonyl (C=O) groups is 4. The van der Waals surface area contributed by atoms with Crippen molar-refractivity contribution in [3.63, 3.8) is 0 Å². The Morgan fingerprint density at radius 3 is 1.07 bits per heavy atom. The smallest absolute Gasteiger partial charge is 0.318 e. The van der Waals surface area contributed by atoms with E-state index < -0.39 is 0 Å². The van der Waals surface area contributed by atoms with Crippen molar-refractivity contribution >= 4 is 23.9 Å². The van der Waals surface area contributed by atoms with Gasteiger partial charge in [0.25, 0.3) is 0 Å². The molecule has 4 aromatic rings. The average molecular weight is 1550 g/mol. The molecule has 6 amide bonds. The van der Waals surface area contributed by atoms with Gasteiger partial charge < -0.3 is 60.5 Å². The van der Waals surface area contributed by atoms with Crippen LogP contribution in [0.2, 0.25) is 0 Å². The maximum Gasteiger partial charge on any atom is 0.318 e. The number of nitrogens with zero attached hydrogens (tertiary/aromatic N) is 10. The number of fused-ring (bicyclic) bond motifs is 2. The topological polar surface area (TPSA) is 183 Å². The summed E-state index contributed by atoms with van der Waals surface area (Å²) in [6.07, 6.45) is 17.1. The van der Waals surface area contributed by atoms with Crippen LogP contribution in [0, 0.1) is 94.3 Å². The van der Waals surface area contributed by atoms with E-state index >= 15 is 0 Å². The van der Waals surface area contributed by atoms with Crippen molar-refractivity contribution in [3.05, 3.63) is 143 Å². The Labute approximate surface area is 660 Å². The van der Waals surface area contributed by atoms with Crippen molar-refractivity contribution < 1.29 is 56.4 Å². The highest BCUT2D eigenvalue weighted by Crippen LogP contribution is 2.51. The van der Waals surface area contributed by atoms with Crippen LogP contribution >= 0.6 is 0 Å². The summed E-state index contributed by atoms with van der Waals surface area (Å²) in [4.78, 5) is 71.1. The molecule has 18 saturated heterocycles. The number of piperidine rings is 10. The highest BCUT2D eigenvalue weighted by Gasteiger charge is 2.59. The lowest BCUT2D eigenvalue weighted by atomic mass is 9.61. The fraction of sp³-hybridized carbons (Fsp3) is 0.682. The van der Waals surface area contributed by atoms with E-state index in [-0.39, 0.29) is 86.5 Å². The summed E-state index contributed by atoms with van der Waals surface area (Å²) in [5.74, 6) is 5.95. The van der Waals surface area contributed by atoms with Gasteiger partial charge in [-0.05, 0) is 203 Å². The van der Waals surface area contributed by atoms with Crippen LogP contribution < -0.4 is 21.3 Å². The first-order valence-electron chi connectivity index (χ1n) is 43.4. The van der Waals surface area contributed by atoms with E-state index in [1.165, 1.54) is 105 Å². The van der Waals surface area contributed by atoms with E-state index in [0.29, 0.717) is 71.9 Å². The fourth-order valence-corrected chi connectivity index (χ4v) is 24.9. The second-order valence-electron chi connectivity index (χ2n) is 38.1. The molecule has 16 bridgehead atoms. The predicted molar refractivity (Wildman–Crippen MR) is 419 cm³/mol. The van der Waals surface area contributed by atoms with E-state index in [9.17, 15) is 47.2 Å². The predicted octanol–water partition coefficient (Wildman–Crippen LogP) is 8.46. The fourth-order valence-electron chi connectivity index (χ4n) is 24.9. The molecule has 0 spiro atoms. The van der Waals surface area contributed by atoms with Gasteiger partial charge in [-0.3, -0.25) is 9.59 Å². The first-order chi connectivity index (χ1) is 54.2. The molecule has 4 aromatic carbocycles. The number of hydrogen-bond acceptors (Lipinski definition) is 12. The minimum atomic E-state index is -0.195. The van der Waals surface area contributed by atoms with Gasteiger partial charge in [-0.15, -0.1) is 0 Å². The minimum Gasteiger partial charge on any atom is -0.352 e.